The first kappa shape index (κ1) is 18.4. The molecule has 2 rings (SSSR count). The van der Waals surface area contributed by atoms with Crippen LogP contribution in [-0.4, -0.2) is 57.8 Å². The number of nitrogens with one attached hydrogen (secondary N) is 2. The maximum absolute atomic E-state index is 5.47. The zero-order valence-corrected chi connectivity index (χ0v) is 15.3. The van der Waals surface area contributed by atoms with Crippen LogP contribution in [0.25, 0.3) is 0 Å². The van der Waals surface area contributed by atoms with E-state index in [1.54, 1.807) is 21.3 Å². The minimum Gasteiger partial charge on any atom is -0.493 e. The van der Waals surface area contributed by atoms with E-state index in [4.69, 9.17) is 9.47 Å². The molecular weight excluding hydrogens is 304 g/mol. The number of hydrogen-bond donors (Lipinski definition) is 2. The van der Waals surface area contributed by atoms with Crippen LogP contribution >= 0.6 is 0 Å². The van der Waals surface area contributed by atoms with E-state index in [-0.39, 0.29) is 0 Å². The summed E-state index contributed by atoms with van der Waals surface area (Å²) in [6.07, 6.45) is 2.54. The summed E-state index contributed by atoms with van der Waals surface area (Å²) in [5.41, 5.74) is 1.04. The number of benzene rings is 1. The van der Waals surface area contributed by atoms with Crippen LogP contribution in [0.2, 0.25) is 0 Å². The molecule has 0 radical (unpaired) electrons. The van der Waals surface area contributed by atoms with Crippen LogP contribution in [0.15, 0.2) is 23.2 Å². The second-order valence-electron chi connectivity index (χ2n) is 5.88. The molecule has 0 bridgehead atoms. The van der Waals surface area contributed by atoms with Crippen LogP contribution < -0.4 is 20.1 Å². The molecule has 1 aliphatic heterocycles. The smallest absolute Gasteiger partial charge is 0.191 e. The van der Waals surface area contributed by atoms with Crippen molar-refractivity contribution in [2.24, 2.45) is 4.99 Å². The summed E-state index contributed by atoms with van der Waals surface area (Å²) in [6.45, 7) is 6.08. The Kier molecular flexibility index (Phi) is 7.18. The van der Waals surface area contributed by atoms with E-state index in [0.29, 0.717) is 12.6 Å². The predicted molar refractivity (Wildman–Crippen MR) is 98.0 cm³/mol. The number of aliphatic imine (C=N–C) groups is 1. The molecule has 0 saturated carbocycles. The summed E-state index contributed by atoms with van der Waals surface area (Å²) in [5.74, 6) is 2.31. The Hall–Kier alpha value is -1.95. The fourth-order valence-electron chi connectivity index (χ4n) is 3.25. The quantitative estimate of drug-likeness (QED) is 0.589. The normalized spacial score (nSPS) is 18.5. The lowest BCUT2D eigenvalue weighted by Gasteiger charge is -2.24. The van der Waals surface area contributed by atoms with Crippen molar-refractivity contribution in [2.75, 3.05) is 40.9 Å². The van der Waals surface area contributed by atoms with Crippen LogP contribution in [0.5, 0.6) is 11.5 Å². The number of likely N-dealkylation sites (N-methyl/N-ethyl adjacent to an activating group) is 1. The standard InChI is InChI=1S/C18H30N4O2/c1-5-22-11-7-9-15(22)13-21-18(19-2)20-12-14-8-6-10-16(23-3)17(14)24-4/h6,8,10,15H,5,7,9,11-13H2,1-4H3,(H2,19,20,21). The van der Waals surface area contributed by atoms with Gasteiger partial charge in [-0.2, -0.15) is 0 Å². The summed E-state index contributed by atoms with van der Waals surface area (Å²) >= 11 is 0. The largest absolute Gasteiger partial charge is 0.493 e. The summed E-state index contributed by atoms with van der Waals surface area (Å²) in [5, 5.41) is 6.79. The zero-order chi connectivity index (χ0) is 17.4. The molecule has 1 aromatic rings. The van der Waals surface area contributed by atoms with Gasteiger partial charge in [-0.1, -0.05) is 19.1 Å². The first-order chi connectivity index (χ1) is 11.7. The molecular formula is C18H30N4O2. The van der Waals surface area contributed by atoms with E-state index < -0.39 is 0 Å². The third-order valence-electron chi connectivity index (χ3n) is 4.56. The molecule has 1 heterocycles. The van der Waals surface area contributed by atoms with Gasteiger partial charge in [-0.3, -0.25) is 9.89 Å². The molecule has 2 N–H and O–H groups in total. The van der Waals surface area contributed by atoms with Crippen molar-refractivity contribution in [1.29, 1.82) is 0 Å². The molecule has 0 spiro atoms. The third kappa shape index (κ3) is 4.54. The minimum atomic E-state index is 0.597. The highest BCUT2D eigenvalue weighted by molar-refractivity contribution is 5.79. The van der Waals surface area contributed by atoms with Crippen molar-refractivity contribution in [3.05, 3.63) is 23.8 Å². The van der Waals surface area contributed by atoms with Gasteiger partial charge in [0.15, 0.2) is 17.5 Å². The van der Waals surface area contributed by atoms with Gasteiger partial charge in [-0.25, -0.2) is 0 Å². The summed E-state index contributed by atoms with van der Waals surface area (Å²) < 4.78 is 10.8. The second kappa shape index (κ2) is 9.37. The molecule has 0 aliphatic carbocycles. The van der Waals surface area contributed by atoms with E-state index in [0.717, 1.165) is 36.1 Å². The molecule has 1 aromatic carbocycles. The van der Waals surface area contributed by atoms with Crippen molar-refractivity contribution < 1.29 is 9.47 Å². The number of methoxy groups -OCH3 is 2. The first-order valence-corrected chi connectivity index (χ1v) is 8.61. The topological polar surface area (TPSA) is 58.1 Å². The van der Waals surface area contributed by atoms with Crippen LogP contribution in [-0.2, 0) is 6.54 Å². The molecule has 6 nitrogen and oxygen atoms in total. The van der Waals surface area contributed by atoms with Crippen molar-refractivity contribution in [1.82, 2.24) is 15.5 Å². The van der Waals surface area contributed by atoms with E-state index in [2.05, 4.69) is 27.4 Å². The van der Waals surface area contributed by atoms with Gasteiger partial charge in [-0.05, 0) is 32.0 Å². The molecule has 1 atom stereocenters. The highest BCUT2D eigenvalue weighted by atomic mass is 16.5. The average molecular weight is 334 g/mol. The van der Waals surface area contributed by atoms with Crippen molar-refractivity contribution in [3.8, 4) is 11.5 Å². The molecule has 1 fully saturated rings. The number of nitrogens with zero attached hydrogens (tertiary/aromatic N) is 2. The fourth-order valence-corrected chi connectivity index (χ4v) is 3.25. The highest BCUT2D eigenvalue weighted by Gasteiger charge is 2.22. The van der Waals surface area contributed by atoms with E-state index in [1.165, 1.54) is 19.4 Å². The second-order valence-corrected chi connectivity index (χ2v) is 5.88. The van der Waals surface area contributed by atoms with E-state index in [9.17, 15) is 0 Å². The Morgan fingerprint density at radius 2 is 2.12 bits per heavy atom. The van der Waals surface area contributed by atoms with Gasteiger partial charge >= 0.3 is 0 Å². The predicted octanol–water partition coefficient (Wildman–Crippen LogP) is 1.85. The Bertz CT molecular complexity index is 548. The van der Waals surface area contributed by atoms with Crippen molar-refractivity contribution in [2.45, 2.75) is 32.4 Å². The maximum Gasteiger partial charge on any atom is 0.191 e. The minimum absolute atomic E-state index is 0.597. The summed E-state index contributed by atoms with van der Waals surface area (Å²) in [6, 6.07) is 6.48. The van der Waals surface area contributed by atoms with E-state index in [1.807, 2.05) is 18.2 Å². The number of para-hydroxylation sites is 1. The zero-order valence-electron chi connectivity index (χ0n) is 15.3. The maximum atomic E-state index is 5.47. The van der Waals surface area contributed by atoms with Crippen molar-refractivity contribution in [3.63, 3.8) is 0 Å². The summed E-state index contributed by atoms with van der Waals surface area (Å²) in [4.78, 5) is 6.84. The first-order valence-electron chi connectivity index (χ1n) is 8.61. The van der Waals surface area contributed by atoms with Gasteiger partial charge in [0.1, 0.15) is 0 Å². The Morgan fingerprint density at radius 1 is 1.29 bits per heavy atom. The molecule has 6 heteroatoms. The monoisotopic (exact) mass is 334 g/mol. The third-order valence-corrected chi connectivity index (χ3v) is 4.56. The SMILES string of the molecule is CCN1CCCC1CNC(=NC)NCc1cccc(OC)c1OC. The Balaban J connectivity index is 1.90. The van der Waals surface area contributed by atoms with Gasteiger partial charge in [0.2, 0.25) is 0 Å². The summed E-state index contributed by atoms with van der Waals surface area (Å²) in [7, 11) is 5.11. The molecule has 1 aliphatic rings. The molecule has 0 amide bonds. The van der Waals surface area contributed by atoms with Crippen LogP contribution in [0, 0.1) is 0 Å². The van der Waals surface area contributed by atoms with Crippen LogP contribution in [0.1, 0.15) is 25.3 Å². The average Bonchev–Trinajstić information content (AvgIpc) is 3.08. The fraction of sp³-hybridized carbons (Fsp3) is 0.611. The van der Waals surface area contributed by atoms with Gasteiger partial charge < -0.3 is 20.1 Å². The Labute approximate surface area is 145 Å². The van der Waals surface area contributed by atoms with Gasteiger partial charge in [0.05, 0.1) is 14.2 Å². The van der Waals surface area contributed by atoms with Crippen LogP contribution in [0.3, 0.4) is 0 Å². The number of ether oxygens (including phenoxy) is 2. The molecule has 1 saturated heterocycles. The van der Waals surface area contributed by atoms with E-state index >= 15 is 0 Å². The lowest BCUT2D eigenvalue weighted by molar-refractivity contribution is 0.267. The van der Waals surface area contributed by atoms with Crippen molar-refractivity contribution >= 4 is 5.96 Å². The van der Waals surface area contributed by atoms with Crippen LogP contribution in [0.4, 0.5) is 0 Å². The van der Waals surface area contributed by atoms with Gasteiger partial charge in [-0.15, -0.1) is 0 Å². The molecule has 24 heavy (non-hydrogen) atoms. The number of rotatable bonds is 7. The number of likely N-dealkylation sites (tertiary alicyclic amines) is 1. The highest BCUT2D eigenvalue weighted by Crippen LogP contribution is 2.30. The number of guanidine groups is 1. The van der Waals surface area contributed by atoms with Gasteiger partial charge in [0.25, 0.3) is 0 Å². The number of hydrogen-bond acceptors (Lipinski definition) is 4. The van der Waals surface area contributed by atoms with Gasteiger partial charge in [0, 0.05) is 31.7 Å². The molecule has 134 valence electrons. The lowest BCUT2D eigenvalue weighted by Crippen LogP contribution is -2.44. The Morgan fingerprint density at radius 3 is 2.79 bits per heavy atom. The molecule has 1 unspecified atom stereocenters. The molecule has 0 aromatic heterocycles. The lowest BCUT2D eigenvalue weighted by atomic mass is 10.2.